The predicted molar refractivity (Wildman–Crippen MR) is 159 cm³/mol. The molecule has 1 aliphatic heterocycles. The lowest BCUT2D eigenvalue weighted by atomic mass is 9.98. The van der Waals surface area contributed by atoms with E-state index < -0.39 is 27.9 Å². The Labute approximate surface area is 247 Å². The van der Waals surface area contributed by atoms with Crippen LogP contribution >= 0.6 is 12.4 Å². The molecule has 2 atom stereocenters. The number of halogens is 1. The summed E-state index contributed by atoms with van der Waals surface area (Å²) in [5.74, 6) is -0.957. The number of nitrogens with two attached hydrogens (primary N) is 1. The molecule has 1 aliphatic carbocycles. The van der Waals surface area contributed by atoms with E-state index in [1.54, 1.807) is 17.0 Å². The van der Waals surface area contributed by atoms with Gasteiger partial charge < -0.3 is 20.9 Å². The molecule has 41 heavy (non-hydrogen) atoms. The Balaban J connectivity index is 0.00000462. The maximum Gasteiger partial charge on any atom is 0.241 e. The van der Waals surface area contributed by atoms with Crippen molar-refractivity contribution in [2.75, 3.05) is 26.2 Å². The minimum atomic E-state index is -4.15. The first kappa shape index (κ1) is 32.3. The second-order valence-electron chi connectivity index (χ2n) is 10.7. The fourth-order valence-electron chi connectivity index (χ4n) is 5.07. The van der Waals surface area contributed by atoms with Crippen LogP contribution in [-0.2, 0) is 24.4 Å². The summed E-state index contributed by atoms with van der Waals surface area (Å²) in [4.78, 5) is 41.7. The lowest BCUT2D eigenvalue weighted by Crippen LogP contribution is -2.52. The molecule has 224 valence electrons. The minimum Gasteiger partial charge on any atom is -0.370 e. The third-order valence-electron chi connectivity index (χ3n) is 7.44. The zero-order valence-electron chi connectivity index (χ0n) is 23.2. The molecule has 4 rings (SSSR count). The average molecular weight is 607 g/mol. The van der Waals surface area contributed by atoms with Crippen LogP contribution in [0.3, 0.4) is 0 Å². The van der Waals surface area contributed by atoms with Gasteiger partial charge in [0.05, 0.1) is 11.3 Å². The zero-order chi connectivity index (χ0) is 28.9. The highest BCUT2D eigenvalue weighted by atomic mass is 35.5. The van der Waals surface area contributed by atoms with E-state index >= 15 is 0 Å². The normalized spacial score (nSPS) is 17.8. The Morgan fingerprint density at radius 1 is 1.12 bits per heavy atom. The van der Waals surface area contributed by atoms with E-state index in [-0.39, 0.29) is 60.4 Å². The third-order valence-corrected chi connectivity index (χ3v) is 8.91. The Morgan fingerprint density at radius 3 is 2.49 bits per heavy atom. The van der Waals surface area contributed by atoms with Gasteiger partial charge in [-0.2, -0.15) is 4.72 Å². The highest BCUT2D eigenvalue weighted by Gasteiger charge is 2.38. The van der Waals surface area contributed by atoms with E-state index in [4.69, 9.17) is 11.1 Å². The summed E-state index contributed by atoms with van der Waals surface area (Å²) in [6.07, 6.45) is 3.04. The van der Waals surface area contributed by atoms with Gasteiger partial charge in [0, 0.05) is 38.6 Å². The molecular weight excluding hydrogens is 568 g/mol. The van der Waals surface area contributed by atoms with E-state index in [0.717, 1.165) is 36.5 Å². The highest BCUT2D eigenvalue weighted by molar-refractivity contribution is 7.89. The summed E-state index contributed by atoms with van der Waals surface area (Å²) in [6, 6.07) is 10.7. The van der Waals surface area contributed by atoms with Gasteiger partial charge in [-0.25, -0.2) is 8.42 Å². The van der Waals surface area contributed by atoms with Crippen molar-refractivity contribution in [2.24, 2.45) is 11.7 Å². The van der Waals surface area contributed by atoms with Gasteiger partial charge in [-0.1, -0.05) is 30.3 Å². The molecule has 1 unspecified atom stereocenters. The molecule has 0 bridgehead atoms. The topological polar surface area (TPSA) is 166 Å². The first-order valence-corrected chi connectivity index (χ1v) is 15.2. The summed E-state index contributed by atoms with van der Waals surface area (Å²) in [5.41, 5.74) is 5.62. The highest BCUT2D eigenvalue weighted by Crippen LogP contribution is 2.28. The number of ketones is 1. The van der Waals surface area contributed by atoms with Crippen molar-refractivity contribution in [1.29, 1.82) is 5.41 Å². The Hall–Kier alpha value is -3.22. The number of fused-ring (bicyclic) bond motifs is 1. The lowest BCUT2D eigenvalue weighted by molar-refractivity contribution is -0.136. The molecule has 0 radical (unpaired) electrons. The third kappa shape index (κ3) is 8.88. The molecule has 0 aromatic heterocycles. The van der Waals surface area contributed by atoms with Gasteiger partial charge in [0.15, 0.2) is 5.96 Å². The van der Waals surface area contributed by atoms with E-state index in [2.05, 4.69) is 10.0 Å². The van der Waals surface area contributed by atoms with Crippen LogP contribution in [0.2, 0.25) is 0 Å². The van der Waals surface area contributed by atoms with Crippen molar-refractivity contribution < 1.29 is 22.8 Å². The molecule has 13 heteroatoms. The number of piperidine rings is 1. The number of likely N-dealkylation sites (tertiary alicyclic amines) is 1. The minimum absolute atomic E-state index is 0. The van der Waals surface area contributed by atoms with Crippen molar-refractivity contribution in [3.05, 3.63) is 42.5 Å². The lowest BCUT2D eigenvalue weighted by Gasteiger charge is -2.33. The first-order chi connectivity index (χ1) is 19.0. The fourth-order valence-corrected chi connectivity index (χ4v) is 6.30. The number of sulfonamides is 1. The van der Waals surface area contributed by atoms with Gasteiger partial charge in [0.25, 0.3) is 0 Å². The van der Waals surface area contributed by atoms with E-state index in [1.165, 1.54) is 24.0 Å². The van der Waals surface area contributed by atoms with Crippen LogP contribution in [0.5, 0.6) is 0 Å². The average Bonchev–Trinajstić information content (AvgIpc) is 3.76. The second-order valence-corrected chi connectivity index (χ2v) is 12.5. The SMILES string of the molecule is CC(=O)CCN(C(=O)[C@H](CC(=O)NCC1CCCN(C(=N)N)C1)NS(=O)(=O)c1ccc2ccccc2c1)C1CC1.Cl. The van der Waals surface area contributed by atoms with Crippen LogP contribution < -0.4 is 15.8 Å². The van der Waals surface area contributed by atoms with Gasteiger partial charge in [0.1, 0.15) is 11.8 Å². The number of hydrogen-bond acceptors (Lipinski definition) is 6. The van der Waals surface area contributed by atoms with E-state index in [1.807, 2.05) is 18.2 Å². The first-order valence-electron chi connectivity index (χ1n) is 13.7. The Morgan fingerprint density at radius 2 is 1.83 bits per heavy atom. The molecule has 2 fully saturated rings. The van der Waals surface area contributed by atoms with Crippen molar-refractivity contribution in [2.45, 2.75) is 62.4 Å². The summed E-state index contributed by atoms with van der Waals surface area (Å²) in [7, 11) is -4.15. The monoisotopic (exact) mass is 606 g/mol. The quantitative estimate of drug-likeness (QED) is 0.212. The number of nitrogens with zero attached hydrogens (tertiary/aromatic N) is 2. The van der Waals surface area contributed by atoms with Crippen molar-refractivity contribution >= 4 is 56.8 Å². The number of carbonyl (C=O) groups is 3. The molecule has 11 nitrogen and oxygen atoms in total. The molecule has 1 saturated carbocycles. The van der Waals surface area contributed by atoms with Crippen LogP contribution in [0.4, 0.5) is 0 Å². The number of carbonyl (C=O) groups excluding carboxylic acids is 3. The molecular formula is C28H39ClN6O5S. The van der Waals surface area contributed by atoms with Crippen LogP contribution in [-0.4, -0.2) is 80.0 Å². The number of guanidine groups is 1. The van der Waals surface area contributed by atoms with Gasteiger partial charge >= 0.3 is 0 Å². The second kappa shape index (κ2) is 14.1. The van der Waals surface area contributed by atoms with Gasteiger partial charge in [0.2, 0.25) is 21.8 Å². The van der Waals surface area contributed by atoms with Crippen molar-refractivity contribution in [3.63, 3.8) is 0 Å². The summed E-state index contributed by atoms with van der Waals surface area (Å²) in [5, 5.41) is 12.1. The van der Waals surface area contributed by atoms with Crippen LogP contribution in [0.25, 0.3) is 10.8 Å². The largest absolute Gasteiger partial charge is 0.370 e. The molecule has 2 aliphatic rings. The maximum absolute atomic E-state index is 13.7. The predicted octanol–water partition coefficient (Wildman–Crippen LogP) is 1.99. The smallest absolute Gasteiger partial charge is 0.241 e. The molecule has 5 N–H and O–H groups in total. The van der Waals surface area contributed by atoms with E-state index in [9.17, 15) is 22.8 Å². The van der Waals surface area contributed by atoms with Crippen LogP contribution in [0.1, 0.15) is 45.4 Å². The number of amides is 2. The van der Waals surface area contributed by atoms with Crippen molar-refractivity contribution in [3.8, 4) is 0 Å². The maximum atomic E-state index is 13.7. The van der Waals surface area contributed by atoms with Crippen molar-refractivity contribution in [1.82, 2.24) is 19.8 Å². The number of rotatable bonds is 12. The Kier molecular flexibility index (Phi) is 11.1. The number of benzene rings is 2. The Bertz CT molecular complexity index is 1380. The number of Topliss-reactive ketones (excluding diaryl/α,β-unsaturated/α-hetero) is 1. The molecule has 2 aromatic carbocycles. The molecule has 1 heterocycles. The molecule has 0 spiro atoms. The summed E-state index contributed by atoms with van der Waals surface area (Å²) in [6.45, 7) is 3.20. The van der Waals surface area contributed by atoms with Gasteiger partial charge in [-0.15, -0.1) is 12.4 Å². The number of hydrogen-bond donors (Lipinski definition) is 4. The molecule has 2 amide bonds. The fraction of sp³-hybridized carbons (Fsp3) is 0.500. The van der Waals surface area contributed by atoms with E-state index in [0.29, 0.717) is 19.6 Å². The van der Waals surface area contributed by atoms with Gasteiger partial charge in [-0.05, 0) is 61.4 Å². The number of nitrogens with one attached hydrogen (secondary N) is 3. The molecule has 1 saturated heterocycles. The zero-order valence-corrected chi connectivity index (χ0v) is 24.8. The van der Waals surface area contributed by atoms with Gasteiger partial charge in [-0.3, -0.25) is 19.8 Å². The van der Waals surface area contributed by atoms with Crippen LogP contribution in [0, 0.1) is 11.3 Å². The standard InChI is InChI=1S/C28H38N6O5S.ClH/c1-19(35)12-14-34(23-9-10-23)27(37)25(16-26(36)31-17-20-5-4-13-33(18-20)28(29)30)32-40(38,39)24-11-8-21-6-2-3-7-22(21)15-24;/h2-3,6-8,11,15,20,23,25,32H,4-5,9-10,12-14,16-18H2,1H3,(H3,29,30)(H,31,36);1H/t20?,25-;/m0./s1. The summed E-state index contributed by atoms with van der Waals surface area (Å²) >= 11 is 0. The summed E-state index contributed by atoms with van der Waals surface area (Å²) < 4.78 is 29.4. The van der Waals surface area contributed by atoms with Crippen LogP contribution in [0.15, 0.2) is 47.4 Å². The molecule has 2 aromatic rings.